The molecule has 0 amide bonds. The third-order valence-corrected chi connectivity index (χ3v) is 5.63. The number of fused-ring (bicyclic) bond motifs is 3. The maximum Gasteiger partial charge on any atom is 0.316 e. The lowest BCUT2D eigenvalue weighted by Gasteiger charge is -2.19. The first-order valence-electron chi connectivity index (χ1n) is 9.97. The molecule has 0 saturated carbocycles. The smallest absolute Gasteiger partial charge is 0.316 e. The zero-order chi connectivity index (χ0) is 22.3. The van der Waals surface area contributed by atoms with Crippen molar-refractivity contribution in [1.82, 2.24) is 19.2 Å². The predicted octanol–water partition coefficient (Wildman–Crippen LogP) is 4.08. The van der Waals surface area contributed by atoms with E-state index in [1.54, 1.807) is 10.6 Å². The van der Waals surface area contributed by atoms with E-state index in [9.17, 15) is 9.59 Å². The van der Waals surface area contributed by atoms with Crippen molar-refractivity contribution >= 4 is 34.4 Å². The minimum absolute atomic E-state index is 0.0923. The monoisotopic (exact) mass is 436 g/mol. The summed E-state index contributed by atoms with van der Waals surface area (Å²) in [5.74, 6) is 0.165. The van der Waals surface area contributed by atoms with Crippen molar-refractivity contribution in [2.45, 2.75) is 45.4 Å². The maximum absolute atomic E-state index is 13.4. The second-order valence-electron chi connectivity index (χ2n) is 8.44. The van der Waals surface area contributed by atoms with E-state index < -0.39 is 5.60 Å². The summed E-state index contributed by atoms with van der Waals surface area (Å²) < 4.78 is 8.81. The van der Waals surface area contributed by atoms with Gasteiger partial charge in [0, 0.05) is 0 Å². The Morgan fingerprint density at radius 3 is 2.55 bits per heavy atom. The summed E-state index contributed by atoms with van der Waals surface area (Å²) in [4.78, 5) is 25.6. The predicted molar refractivity (Wildman–Crippen MR) is 122 cm³/mol. The first-order chi connectivity index (χ1) is 14.7. The number of hydrogen-bond donors (Lipinski definition) is 0. The number of aryl methyl sites for hydroxylation is 2. The van der Waals surface area contributed by atoms with E-state index in [1.807, 2.05) is 75.4 Å². The average Bonchev–Trinajstić information content (AvgIpc) is 3.10. The van der Waals surface area contributed by atoms with Crippen LogP contribution in [0.25, 0.3) is 22.4 Å². The number of thioether (sulfide) groups is 1. The highest BCUT2D eigenvalue weighted by Crippen LogP contribution is 2.25. The lowest BCUT2D eigenvalue weighted by atomic mass is 10.1. The quantitative estimate of drug-likeness (QED) is 0.354. The molecule has 0 fully saturated rings. The molecule has 0 spiro atoms. The van der Waals surface area contributed by atoms with Crippen LogP contribution in [-0.4, -0.2) is 36.5 Å². The Morgan fingerprint density at radius 1 is 1.10 bits per heavy atom. The highest BCUT2D eigenvalue weighted by molar-refractivity contribution is 7.99. The molecule has 0 N–H and O–H groups in total. The third-order valence-electron chi connectivity index (χ3n) is 4.73. The maximum atomic E-state index is 13.4. The van der Waals surface area contributed by atoms with Gasteiger partial charge in [0.1, 0.15) is 5.60 Å². The first kappa shape index (κ1) is 21.1. The van der Waals surface area contributed by atoms with Gasteiger partial charge < -0.3 is 4.74 Å². The Labute approximate surface area is 184 Å². The molecule has 0 unspecified atom stereocenters. The van der Waals surface area contributed by atoms with E-state index in [0.29, 0.717) is 21.8 Å². The fourth-order valence-corrected chi connectivity index (χ4v) is 4.25. The second kappa shape index (κ2) is 7.85. The Hall–Kier alpha value is -3.13. The van der Waals surface area contributed by atoms with E-state index in [0.717, 1.165) is 16.8 Å². The zero-order valence-corrected chi connectivity index (χ0v) is 19.0. The molecular formula is C23H24N4O3S. The Morgan fingerprint density at radius 2 is 1.84 bits per heavy atom. The number of ether oxygens (including phenoxy) is 1. The summed E-state index contributed by atoms with van der Waals surface area (Å²) in [6.45, 7) is 9.47. The summed E-state index contributed by atoms with van der Waals surface area (Å²) in [6.07, 6.45) is 0. The number of benzene rings is 2. The SMILES string of the molecule is Cc1ccc(-n2c(=O)c3ccccc3n3c(SCC(=O)OC(C)(C)C)nnc23)c(C)c1. The van der Waals surface area contributed by atoms with Crippen LogP contribution in [-0.2, 0) is 9.53 Å². The van der Waals surface area contributed by atoms with Crippen LogP contribution in [0.2, 0.25) is 0 Å². The van der Waals surface area contributed by atoms with E-state index in [4.69, 9.17) is 4.74 Å². The van der Waals surface area contributed by atoms with Crippen LogP contribution in [0, 0.1) is 13.8 Å². The van der Waals surface area contributed by atoms with E-state index in [-0.39, 0.29) is 17.3 Å². The van der Waals surface area contributed by atoms with Gasteiger partial charge in [-0.3, -0.25) is 14.0 Å². The molecule has 7 nitrogen and oxygen atoms in total. The van der Waals surface area contributed by atoms with E-state index in [2.05, 4.69) is 10.2 Å². The van der Waals surface area contributed by atoms with Crippen LogP contribution in [0.3, 0.4) is 0 Å². The van der Waals surface area contributed by atoms with Crippen LogP contribution in [0.15, 0.2) is 52.4 Å². The Bertz CT molecular complexity index is 1370. The van der Waals surface area contributed by atoms with Crippen molar-refractivity contribution in [3.63, 3.8) is 0 Å². The minimum atomic E-state index is -0.555. The van der Waals surface area contributed by atoms with Gasteiger partial charge in [0.2, 0.25) is 5.78 Å². The molecule has 31 heavy (non-hydrogen) atoms. The van der Waals surface area contributed by atoms with Gasteiger partial charge in [0.25, 0.3) is 5.56 Å². The molecule has 4 aromatic rings. The van der Waals surface area contributed by atoms with Gasteiger partial charge >= 0.3 is 5.97 Å². The van der Waals surface area contributed by atoms with Crippen molar-refractivity contribution < 1.29 is 9.53 Å². The fraction of sp³-hybridized carbons (Fsp3) is 0.304. The van der Waals surface area contributed by atoms with Gasteiger partial charge in [-0.2, -0.15) is 0 Å². The molecule has 0 aliphatic carbocycles. The number of esters is 1. The molecule has 8 heteroatoms. The van der Waals surface area contributed by atoms with Gasteiger partial charge in [0.05, 0.1) is 22.3 Å². The molecule has 0 saturated heterocycles. The molecule has 0 radical (unpaired) electrons. The summed E-state index contributed by atoms with van der Waals surface area (Å²) in [7, 11) is 0. The Balaban J connectivity index is 1.89. The van der Waals surface area contributed by atoms with Crippen LogP contribution in [0.4, 0.5) is 0 Å². The fourth-order valence-electron chi connectivity index (χ4n) is 3.54. The molecule has 2 heterocycles. The molecular weight excluding hydrogens is 412 g/mol. The van der Waals surface area contributed by atoms with Crippen molar-refractivity contribution in [2.75, 3.05) is 5.75 Å². The minimum Gasteiger partial charge on any atom is -0.459 e. The summed E-state index contributed by atoms with van der Waals surface area (Å²) in [5, 5.41) is 9.70. The van der Waals surface area contributed by atoms with E-state index >= 15 is 0 Å². The number of para-hydroxylation sites is 1. The zero-order valence-electron chi connectivity index (χ0n) is 18.2. The third kappa shape index (κ3) is 4.07. The number of carbonyl (C=O) groups excluding carboxylic acids is 1. The molecule has 0 bridgehead atoms. The summed E-state index contributed by atoms with van der Waals surface area (Å²) in [6, 6.07) is 13.3. The van der Waals surface area contributed by atoms with Gasteiger partial charge in [-0.15, -0.1) is 10.2 Å². The van der Waals surface area contributed by atoms with Crippen LogP contribution < -0.4 is 5.56 Å². The van der Waals surface area contributed by atoms with Crippen LogP contribution in [0.5, 0.6) is 0 Å². The number of aromatic nitrogens is 4. The molecule has 0 aliphatic heterocycles. The van der Waals surface area contributed by atoms with Crippen molar-refractivity contribution in [1.29, 1.82) is 0 Å². The molecule has 2 aromatic carbocycles. The number of nitrogens with zero attached hydrogens (tertiary/aromatic N) is 4. The largest absolute Gasteiger partial charge is 0.459 e. The highest BCUT2D eigenvalue weighted by atomic mass is 32.2. The van der Waals surface area contributed by atoms with Crippen molar-refractivity contribution in [2.24, 2.45) is 0 Å². The lowest BCUT2D eigenvalue weighted by Crippen LogP contribution is -2.25. The van der Waals surface area contributed by atoms with Gasteiger partial charge in [-0.25, -0.2) is 4.57 Å². The molecule has 4 rings (SSSR count). The number of hydrogen-bond acceptors (Lipinski definition) is 6. The number of rotatable bonds is 4. The highest BCUT2D eigenvalue weighted by Gasteiger charge is 2.21. The van der Waals surface area contributed by atoms with Crippen molar-refractivity contribution in [3.05, 3.63) is 63.9 Å². The molecule has 2 aromatic heterocycles. The molecule has 160 valence electrons. The standard InChI is InChI=1S/C23H24N4O3S/c1-14-10-11-17(15(2)12-14)26-20(29)16-8-6-7-9-18(16)27-21(26)24-25-22(27)31-13-19(28)30-23(3,4)5/h6-12H,13H2,1-5H3. The Kier molecular flexibility index (Phi) is 5.35. The van der Waals surface area contributed by atoms with Gasteiger partial charge in [-0.05, 0) is 58.4 Å². The second-order valence-corrected chi connectivity index (χ2v) is 9.38. The van der Waals surface area contributed by atoms with E-state index in [1.165, 1.54) is 11.8 Å². The van der Waals surface area contributed by atoms with Crippen LogP contribution >= 0.6 is 11.8 Å². The summed E-state index contributed by atoms with van der Waals surface area (Å²) in [5.41, 5.74) is 2.81. The normalized spacial score (nSPS) is 11.9. The molecule has 0 atom stereocenters. The van der Waals surface area contributed by atoms with Gasteiger partial charge in [0.15, 0.2) is 5.16 Å². The van der Waals surface area contributed by atoms with Gasteiger partial charge in [-0.1, -0.05) is 41.6 Å². The first-order valence-corrected chi connectivity index (χ1v) is 11.0. The van der Waals surface area contributed by atoms with Crippen LogP contribution in [0.1, 0.15) is 31.9 Å². The lowest BCUT2D eigenvalue weighted by molar-refractivity contribution is -0.151. The number of carbonyl (C=O) groups is 1. The summed E-state index contributed by atoms with van der Waals surface area (Å²) >= 11 is 1.24. The average molecular weight is 437 g/mol. The topological polar surface area (TPSA) is 78.5 Å². The molecule has 0 aliphatic rings. The van der Waals surface area contributed by atoms with Crippen molar-refractivity contribution in [3.8, 4) is 5.69 Å².